The first kappa shape index (κ1) is 21.8. The van der Waals surface area contributed by atoms with Crippen LogP contribution in [0.2, 0.25) is 0 Å². The number of methoxy groups -OCH3 is 1. The van der Waals surface area contributed by atoms with Crippen molar-refractivity contribution in [1.82, 2.24) is 10.2 Å². The Morgan fingerprint density at radius 3 is 2.36 bits per heavy atom. The van der Waals surface area contributed by atoms with Gasteiger partial charge in [0, 0.05) is 17.6 Å². The Bertz CT molecular complexity index is 795. The van der Waals surface area contributed by atoms with Crippen molar-refractivity contribution >= 4 is 27.7 Å². The number of para-hydroxylation sites is 2. The zero-order valence-corrected chi connectivity index (χ0v) is 17.9. The summed E-state index contributed by atoms with van der Waals surface area (Å²) in [4.78, 5) is 26.8. The molecular weight excluding hydrogens is 424 g/mol. The van der Waals surface area contributed by atoms with Gasteiger partial charge in [0.2, 0.25) is 5.91 Å². The molecule has 0 aliphatic heterocycles. The fourth-order valence-corrected chi connectivity index (χ4v) is 2.92. The molecule has 2 rings (SSSR count). The Morgan fingerprint density at radius 1 is 1.11 bits per heavy atom. The lowest BCUT2D eigenvalue weighted by Gasteiger charge is -2.28. The number of likely N-dealkylation sites (N-methyl/N-ethyl adjacent to an activating group) is 1. The number of hydrogen-bond donors (Lipinski definition) is 1. The molecule has 0 saturated heterocycles. The lowest BCUT2D eigenvalue weighted by atomic mass is 10.1. The van der Waals surface area contributed by atoms with E-state index >= 15 is 0 Å². The monoisotopic (exact) mass is 448 g/mol. The van der Waals surface area contributed by atoms with Gasteiger partial charge in [-0.15, -0.1) is 0 Å². The van der Waals surface area contributed by atoms with Crippen LogP contribution in [0.4, 0.5) is 0 Å². The minimum atomic E-state index is -0.627. The maximum Gasteiger partial charge on any atom is 0.261 e. The summed E-state index contributed by atoms with van der Waals surface area (Å²) in [6, 6.07) is 14.1. The molecule has 2 amide bonds. The molecule has 7 heteroatoms. The Balaban J connectivity index is 2.15. The van der Waals surface area contributed by atoms with E-state index in [2.05, 4.69) is 21.2 Å². The number of nitrogens with one attached hydrogen (secondary N) is 1. The molecule has 0 spiro atoms. The molecule has 0 aliphatic carbocycles. The summed E-state index contributed by atoms with van der Waals surface area (Å²) in [6.45, 7) is 4.17. The first-order chi connectivity index (χ1) is 13.5. The van der Waals surface area contributed by atoms with Crippen LogP contribution >= 0.6 is 15.9 Å². The zero-order chi connectivity index (χ0) is 20.5. The second-order valence-corrected chi connectivity index (χ2v) is 7.07. The molecule has 2 aromatic carbocycles. The summed E-state index contributed by atoms with van der Waals surface area (Å²) in [5.41, 5.74) is 0.921. The number of benzene rings is 2. The Morgan fingerprint density at radius 2 is 1.75 bits per heavy atom. The molecule has 0 heterocycles. The van der Waals surface area contributed by atoms with Crippen LogP contribution in [0.25, 0.3) is 0 Å². The largest absolute Gasteiger partial charge is 0.493 e. The van der Waals surface area contributed by atoms with E-state index in [0.29, 0.717) is 24.6 Å². The van der Waals surface area contributed by atoms with Gasteiger partial charge in [-0.05, 0) is 43.7 Å². The lowest BCUT2D eigenvalue weighted by Crippen LogP contribution is -2.49. The average molecular weight is 449 g/mol. The van der Waals surface area contributed by atoms with Gasteiger partial charge in [0.25, 0.3) is 5.91 Å². The molecule has 0 radical (unpaired) electrons. The molecule has 0 saturated carbocycles. The molecule has 6 nitrogen and oxygen atoms in total. The summed E-state index contributed by atoms with van der Waals surface area (Å²) in [6.07, 6.45) is 0. The average Bonchev–Trinajstić information content (AvgIpc) is 2.71. The van der Waals surface area contributed by atoms with Crippen LogP contribution in [0.15, 0.2) is 53.0 Å². The smallest absolute Gasteiger partial charge is 0.261 e. The number of carbonyl (C=O) groups is 2. The summed E-state index contributed by atoms with van der Waals surface area (Å²) in [5.74, 6) is 0.539. The summed E-state index contributed by atoms with van der Waals surface area (Å²) < 4.78 is 11.9. The van der Waals surface area contributed by atoms with Gasteiger partial charge in [-0.2, -0.15) is 0 Å². The van der Waals surface area contributed by atoms with Gasteiger partial charge in [-0.1, -0.05) is 40.2 Å². The van der Waals surface area contributed by atoms with E-state index in [1.54, 1.807) is 32.2 Å². The molecule has 28 heavy (non-hydrogen) atoms. The molecule has 0 unspecified atom stereocenters. The Kier molecular flexibility index (Phi) is 8.32. The van der Waals surface area contributed by atoms with Gasteiger partial charge in [0.05, 0.1) is 7.11 Å². The second-order valence-electron chi connectivity index (χ2n) is 6.16. The van der Waals surface area contributed by atoms with Crippen molar-refractivity contribution in [3.05, 3.63) is 58.6 Å². The molecule has 0 fully saturated rings. The molecule has 150 valence electrons. The summed E-state index contributed by atoms with van der Waals surface area (Å²) in [7, 11) is 1.54. The summed E-state index contributed by atoms with van der Waals surface area (Å²) >= 11 is 3.40. The highest BCUT2D eigenvalue weighted by atomic mass is 79.9. The normalized spacial score (nSPS) is 11.4. The van der Waals surface area contributed by atoms with Gasteiger partial charge < -0.3 is 19.7 Å². The van der Waals surface area contributed by atoms with Crippen molar-refractivity contribution < 1.29 is 19.1 Å². The molecule has 1 N–H and O–H groups in total. The molecule has 0 aliphatic rings. The van der Waals surface area contributed by atoms with Crippen LogP contribution < -0.4 is 14.8 Å². The van der Waals surface area contributed by atoms with Crippen molar-refractivity contribution in [3.8, 4) is 11.5 Å². The quantitative estimate of drug-likeness (QED) is 0.638. The van der Waals surface area contributed by atoms with Crippen molar-refractivity contribution in [3.63, 3.8) is 0 Å². The highest BCUT2D eigenvalue weighted by Gasteiger charge is 2.26. The van der Waals surface area contributed by atoms with Crippen LogP contribution in [0, 0.1) is 0 Å². The van der Waals surface area contributed by atoms with E-state index in [1.807, 2.05) is 37.3 Å². The minimum absolute atomic E-state index is 0.194. The first-order valence-corrected chi connectivity index (χ1v) is 9.83. The highest BCUT2D eigenvalue weighted by molar-refractivity contribution is 9.10. The van der Waals surface area contributed by atoms with E-state index in [9.17, 15) is 9.59 Å². The van der Waals surface area contributed by atoms with Crippen molar-refractivity contribution in [1.29, 1.82) is 0 Å². The number of ether oxygens (including phenoxy) is 2. The predicted molar refractivity (Wildman–Crippen MR) is 111 cm³/mol. The maximum atomic E-state index is 12.9. The van der Waals surface area contributed by atoms with Crippen molar-refractivity contribution in [2.75, 3.05) is 20.3 Å². The molecule has 0 bridgehead atoms. The number of hydrogen-bond acceptors (Lipinski definition) is 4. The standard InChI is InChI=1S/C21H25BrN2O4/c1-4-23-21(26)15(2)24(13-16-9-11-17(22)12-10-16)20(25)14-28-19-8-6-5-7-18(19)27-3/h5-12,15H,4,13-14H2,1-3H3,(H,23,26)/t15-/m0/s1. The first-order valence-electron chi connectivity index (χ1n) is 9.03. The third-order valence-electron chi connectivity index (χ3n) is 4.20. The fourth-order valence-electron chi connectivity index (χ4n) is 2.65. The molecular formula is C21H25BrN2O4. The Hall–Kier alpha value is -2.54. The Labute approximate surface area is 174 Å². The number of carbonyl (C=O) groups excluding carboxylic acids is 2. The second kappa shape index (κ2) is 10.7. The highest BCUT2D eigenvalue weighted by Crippen LogP contribution is 2.26. The maximum absolute atomic E-state index is 12.9. The third kappa shape index (κ3) is 5.99. The van der Waals surface area contributed by atoms with E-state index in [1.165, 1.54) is 4.90 Å². The van der Waals surface area contributed by atoms with E-state index in [4.69, 9.17) is 9.47 Å². The van der Waals surface area contributed by atoms with E-state index < -0.39 is 6.04 Å². The topological polar surface area (TPSA) is 67.9 Å². The third-order valence-corrected chi connectivity index (χ3v) is 4.73. The molecule has 0 aromatic heterocycles. The molecule has 2 aromatic rings. The van der Waals surface area contributed by atoms with Gasteiger partial charge >= 0.3 is 0 Å². The number of halogens is 1. The van der Waals surface area contributed by atoms with E-state index in [0.717, 1.165) is 10.0 Å². The number of nitrogens with zero attached hydrogens (tertiary/aromatic N) is 1. The van der Waals surface area contributed by atoms with Gasteiger partial charge in [-0.25, -0.2) is 0 Å². The zero-order valence-electron chi connectivity index (χ0n) is 16.3. The van der Waals surface area contributed by atoms with Crippen LogP contribution in [0.5, 0.6) is 11.5 Å². The van der Waals surface area contributed by atoms with Crippen LogP contribution in [0.3, 0.4) is 0 Å². The van der Waals surface area contributed by atoms with Gasteiger partial charge in [0.15, 0.2) is 18.1 Å². The fraction of sp³-hybridized carbons (Fsp3) is 0.333. The summed E-state index contributed by atoms with van der Waals surface area (Å²) in [5, 5.41) is 2.77. The van der Waals surface area contributed by atoms with Crippen molar-refractivity contribution in [2.45, 2.75) is 26.4 Å². The van der Waals surface area contributed by atoms with Crippen molar-refractivity contribution in [2.24, 2.45) is 0 Å². The predicted octanol–water partition coefficient (Wildman–Crippen LogP) is 3.39. The number of amides is 2. The number of rotatable bonds is 9. The SMILES string of the molecule is CCNC(=O)[C@H](C)N(Cc1ccc(Br)cc1)C(=O)COc1ccccc1OC. The van der Waals surface area contributed by atoms with Crippen LogP contribution in [-0.2, 0) is 16.1 Å². The molecule has 1 atom stereocenters. The minimum Gasteiger partial charge on any atom is -0.493 e. The lowest BCUT2D eigenvalue weighted by molar-refractivity contribution is -0.142. The van der Waals surface area contributed by atoms with Crippen LogP contribution in [0.1, 0.15) is 19.4 Å². The van der Waals surface area contributed by atoms with Gasteiger partial charge in [-0.3, -0.25) is 9.59 Å². The van der Waals surface area contributed by atoms with Crippen LogP contribution in [-0.4, -0.2) is 43.0 Å². The van der Waals surface area contributed by atoms with E-state index in [-0.39, 0.29) is 18.4 Å². The van der Waals surface area contributed by atoms with Gasteiger partial charge in [0.1, 0.15) is 6.04 Å².